The first kappa shape index (κ1) is 22.2. The SMILES string of the molecule is CC(=O)C(CC(=O)COC(=O)c1ccc(N=C=O)cc1)Cc1ccc(OC#N)cc1. The number of ketones is 2. The van der Waals surface area contributed by atoms with Gasteiger partial charge in [0.25, 0.3) is 6.26 Å². The fourth-order valence-corrected chi connectivity index (χ4v) is 2.68. The van der Waals surface area contributed by atoms with Crippen LogP contribution in [0.1, 0.15) is 29.3 Å². The van der Waals surface area contributed by atoms with Crippen LogP contribution in [-0.4, -0.2) is 30.2 Å². The predicted molar refractivity (Wildman–Crippen MR) is 105 cm³/mol. The lowest BCUT2D eigenvalue weighted by atomic mass is 9.91. The third-order valence-corrected chi connectivity index (χ3v) is 4.26. The number of carbonyl (C=O) groups excluding carboxylic acids is 4. The Morgan fingerprint density at radius 1 is 1.07 bits per heavy atom. The summed E-state index contributed by atoms with van der Waals surface area (Å²) in [6, 6.07) is 12.4. The second-order valence-electron chi connectivity index (χ2n) is 6.42. The van der Waals surface area contributed by atoms with Crippen molar-refractivity contribution in [1.29, 1.82) is 5.26 Å². The van der Waals surface area contributed by atoms with Crippen LogP contribution in [0.15, 0.2) is 53.5 Å². The Morgan fingerprint density at radius 3 is 2.30 bits per heavy atom. The number of Topliss-reactive ketones (excluding diaryl/α,β-unsaturated/α-hetero) is 2. The maximum absolute atomic E-state index is 12.2. The molecule has 8 nitrogen and oxygen atoms in total. The molecule has 0 aliphatic carbocycles. The van der Waals surface area contributed by atoms with Crippen molar-refractivity contribution in [1.82, 2.24) is 0 Å². The van der Waals surface area contributed by atoms with Gasteiger partial charge in [0.1, 0.15) is 18.1 Å². The summed E-state index contributed by atoms with van der Waals surface area (Å²) in [6.45, 7) is 0.951. The lowest BCUT2D eigenvalue weighted by molar-refractivity contribution is -0.128. The molecule has 0 heterocycles. The zero-order valence-electron chi connectivity index (χ0n) is 16.2. The highest BCUT2D eigenvalue weighted by molar-refractivity contribution is 5.93. The summed E-state index contributed by atoms with van der Waals surface area (Å²) in [5.74, 6) is -1.40. The van der Waals surface area contributed by atoms with Gasteiger partial charge in [-0.3, -0.25) is 9.59 Å². The first-order valence-electron chi connectivity index (χ1n) is 8.95. The smallest absolute Gasteiger partial charge is 0.338 e. The lowest BCUT2D eigenvalue weighted by Gasteiger charge is -2.13. The van der Waals surface area contributed by atoms with Crippen molar-refractivity contribution >= 4 is 29.3 Å². The first-order chi connectivity index (χ1) is 14.4. The number of benzene rings is 2. The lowest BCUT2D eigenvalue weighted by Crippen LogP contribution is -2.22. The van der Waals surface area contributed by atoms with Crippen LogP contribution in [-0.2, 0) is 25.5 Å². The molecular weight excluding hydrogens is 388 g/mol. The Bertz CT molecular complexity index is 999. The van der Waals surface area contributed by atoms with Crippen molar-refractivity contribution in [3.8, 4) is 12.0 Å². The van der Waals surface area contributed by atoms with Crippen LogP contribution in [0.3, 0.4) is 0 Å². The van der Waals surface area contributed by atoms with Crippen LogP contribution in [0.2, 0.25) is 0 Å². The molecule has 2 aromatic carbocycles. The number of aliphatic imine (C=N–C) groups is 1. The van der Waals surface area contributed by atoms with Crippen LogP contribution < -0.4 is 4.74 Å². The summed E-state index contributed by atoms with van der Waals surface area (Å²) < 4.78 is 9.71. The van der Waals surface area contributed by atoms with Gasteiger partial charge in [0, 0.05) is 12.3 Å². The van der Waals surface area contributed by atoms with E-state index in [1.165, 1.54) is 37.3 Å². The zero-order valence-corrected chi connectivity index (χ0v) is 16.2. The molecule has 0 fully saturated rings. The van der Waals surface area contributed by atoms with Crippen molar-refractivity contribution in [2.75, 3.05) is 6.61 Å². The normalized spacial score (nSPS) is 10.8. The van der Waals surface area contributed by atoms with E-state index in [0.29, 0.717) is 17.9 Å². The second-order valence-corrected chi connectivity index (χ2v) is 6.42. The van der Waals surface area contributed by atoms with Gasteiger partial charge in [-0.15, -0.1) is 5.26 Å². The van der Waals surface area contributed by atoms with Crippen LogP contribution in [0.25, 0.3) is 0 Å². The van der Waals surface area contributed by atoms with E-state index in [1.54, 1.807) is 30.5 Å². The van der Waals surface area contributed by atoms with E-state index < -0.39 is 18.5 Å². The Hall–Kier alpha value is -4.08. The highest BCUT2D eigenvalue weighted by Crippen LogP contribution is 2.18. The maximum Gasteiger partial charge on any atom is 0.338 e. The summed E-state index contributed by atoms with van der Waals surface area (Å²) >= 11 is 0. The number of ether oxygens (including phenoxy) is 2. The molecule has 2 rings (SSSR count). The molecule has 0 aliphatic rings. The topological polar surface area (TPSA) is 123 Å². The minimum absolute atomic E-state index is 0.0634. The largest absolute Gasteiger partial charge is 0.454 e. The third-order valence-electron chi connectivity index (χ3n) is 4.26. The van der Waals surface area contributed by atoms with Gasteiger partial charge in [0.15, 0.2) is 5.78 Å². The fraction of sp³-hybridized carbons (Fsp3) is 0.227. The predicted octanol–water partition coefficient (Wildman–Crippen LogP) is 3.08. The van der Waals surface area contributed by atoms with Gasteiger partial charge in [-0.05, 0) is 55.3 Å². The molecule has 0 saturated carbocycles. The van der Waals surface area contributed by atoms with Crippen molar-refractivity contribution in [3.05, 3.63) is 59.7 Å². The maximum atomic E-state index is 12.2. The summed E-state index contributed by atoms with van der Waals surface area (Å²) in [5, 5.41) is 8.49. The quantitative estimate of drug-likeness (QED) is 0.257. The van der Waals surface area contributed by atoms with E-state index in [0.717, 1.165) is 5.56 Å². The highest BCUT2D eigenvalue weighted by Gasteiger charge is 2.20. The number of carbonyl (C=O) groups is 3. The van der Waals surface area contributed by atoms with Gasteiger partial charge in [0.2, 0.25) is 6.08 Å². The highest BCUT2D eigenvalue weighted by atomic mass is 16.5. The molecule has 2 aromatic rings. The average Bonchev–Trinajstić information content (AvgIpc) is 2.74. The number of rotatable bonds is 10. The van der Waals surface area contributed by atoms with E-state index in [1.807, 2.05) is 0 Å². The number of nitrogens with zero attached hydrogens (tertiary/aromatic N) is 2. The molecule has 0 saturated heterocycles. The van der Waals surface area contributed by atoms with Crippen molar-refractivity contribution in [3.63, 3.8) is 0 Å². The molecular formula is C22H18N2O6. The number of hydrogen-bond donors (Lipinski definition) is 0. The molecule has 1 unspecified atom stereocenters. The molecule has 8 heteroatoms. The van der Waals surface area contributed by atoms with Crippen LogP contribution >= 0.6 is 0 Å². The number of hydrogen-bond acceptors (Lipinski definition) is 8. The minimum Gasteiger partial charge on any atom is -0.454 e. The van der Waals surface area contributed by atoms with Gasteiger partial charge < -0.3 is 9.47 Å². The summed E-state index contributed by atoms with van der Waals surface area (Å²) in [4.78, 5) is 49.8. The molecule has 0 radical (unpaired) electrons. The summed E-state index contributed by atoms with van der Waals surface area (Å²) in [7, 11) is 0. The Morgan fingerprint density at radius 2 is 1.73 bits per heavy atom. The zero-order chi connectivity index (χ0) is 21.9. The molecule has 0 N–H and O–H groups in total. The molecule has 0 aromatic heterocycles. The van der Waals surface area contributed by atoms with Crippen molar-refractivity contribution in [2.45, 2.75) is 19.8 Å². The van der Waals surface area contributed by atoms with Gasteiger partial charge in [-0.1, -0.05) is 12.1 Å². The van der Waals surface area contributed by atoms with E-state index in [-0.39, 0.29) is 23.6 Å². The molecule has 0 bridgehead atoms. The van der Waals surface area contributed by atoms with E-state index in [9.17, 15) is 19.2 Å². The minimum atomic E-state index is -0.697. The van der Waals surface area contributed by atoms with Gasteiger partial charge in [-0.25, -0.2) is 9.59 Å². The fourth-order valence-electron chi connectivity index (χ4n) is 2.68. The van der Waals surface area contributed by atoms with E-state index in [2.05, 4.69) is 4.99 Å². The van der Waals surface area contributed by atoms with Gasteiger partial charge >= 0.3 is 5.97 Å². The van der Waals surface area contributed by atoms with Crippen molar-refractivity contribution in [2.24, 2.45) is 10.9 Å². The molecule has 0 aliphatic heterocycles. The number of nitriles is 1. The van der Waals surface area contributed by atoms with Crippen LogP contribution in [0, 0.1) is 17.4 Å². The Labute approximate surface area is 172 Å². The monoisotopic (exact) mass is 406 g/mol. The van der Waals surface area contributed by atoms with Gasteiger partial charge in [-0.2, -0.15) is 4.99 Å². The molecule has 0 spiro atoms. The second kappa shape index (κ2) is 11.1. The van der Waals surface area contributed by atoms with Crippen molar-refractivity contribution < 1.29 is 28.7 Å². The van der Waals surface area contributed by atoms with E-state index in [4.69, 9.17) is 14.7 Å². The van der Waals surface area contributed by atoms with E-state index >= 15 is 0 Å². The molecule has 152 valence electrons. The Balaban J connectivity index is 1.90. The average molecular weight is 406 g/mol. The third kappa shape index (κ3) is 6.82. The summed E-state index contributed by atoms with van der Waals surface area (Å²) in [5.41, 5.74) is 1.35. The standard InChI is InChI=1S/C22H18N2O6/c1-15(26)18(10-16-2-8-21(9-3-16)30-13-23)11-20(27)12-29-22(28)17-4-6-19(7-5-17)24-14-25/h2-9,18H,10-12H2,1H3. The molecule has 30 heavy (non-hydrogen) atoms. The number of isocyanates is 1. The van der Waals surface area contributed by atoms with Crippen LogP contribution in [0.5, 0.6) is 5.75 Å². The Kier molecular flexibility index (Phi) is 8.18. The van der Waals surface area contributed by atoms with Crippen LogP contribution in [0.4, 0.5) is 5.69 Å². The summed E-state index contributed by atoms with van der Waals surface area (Å²) in [6.07, 6.45) is 3.24. The molecule has 0 amide bonds. The number of esters is 1. The van der Waals surface area contributed by atoms with Gasteiger partial charge in [0.05, 0.1) is 11.3 Å². The first-order valence-corrected chi connectivity index (χ1v) is 8.95. The molecule has 1 atom stereocenters.